The van der Waals surface area contributed by atoms with Crippen molar-refractivity contribution in [3.63, 3.8) is 0 Å². The number of rotatable bonds is 9. The van der Waals surface area contributed by atoms with Crippen molar-refractivity contribution in [2.24, 2.45) is 11.8 Å². The molecule has 39 heavy (non-hydrogen) atoms. The first-order chi connectivity index (χ1) is 18.6. The first-order valence-electron chi connectivity index (χ1n) is 13.1. The number of piperidine rings is 1. The van der Waals surface area contributed by atoms with Gasteiger partial charge in [-0.3, -0.25) is 10.1 Å². The third kappa shape index (κ3) is 7.03. The van der Waals surface area contributed by atoms with Crippen molar-refractivity contribution in [1.29, 1.82) is 0 Å². The van der Waals surface area contributed by atoms with Crippen LogP contribution in [0.4, 0.5) is 10.5 Å². The largest absolute Gasteiger partial charge is 0.481 e. The minimum absolute atomic E-state index is 0.129. The Hall–Kier alpha value is -4.17. The number of carboxylic acid groups (broad SMARTS) is 2. The van der Waals surface area contributed by atoms with Gasteiger partial charge in [-0.2, -0.15) is 0 Å². The number of hydrogen-bond donors (Lipinski definition) is 3. The second-order valence-electron chi connectivity index (χ2n) is 10.5. The van der Waals surface area contributed by atoms with Gasteiger partial charge in [0.05, 0.1) is 11.5 Å². The molecule has 1 fully saturated rings. The fourth-order valence-electron chi connectivity index (χ4n) is 5.21. The van der Waals surface area contributed by atoms with E-state index in [1.54, 1.807) is 6.07 Å². The molecule has 1 amide bonds. The number of amides is 1. The second-order valence-corrected chi connectivity index (χ2v) is 10.5. The van der Waals surface area contributed by atoms with Crippen molar-refractivity contribution >= 4 is 23.7 Å². The maximum absolute atomic E-state index is 12.5. The molecule has 1 unspecified atom stereocenters. The van der Waals surface area contributed by atoms with Gasteiger partial charge < -0.3 is 19.8 Å². The van der Waals surface area contributed by atoms with E-state index >= 15 is 0 Å². The molecule has 204 valence electrons. The summed E-state index contributed by atoms with van der Waals surface area (Å²) in [5.41, 5.74) is 2.48. The number of carboxylic acids is 2. The van der Waals surface area contributed by atoms with Crippen molar-refractivity contribution < 1.29 is 29.3 Å². The summed E-state index contributed by atoms with van der Waals surface area (Å²) in [6.45, 7) is 6.43. The van der Waals surface area contributed by atoms with Crippen LogP contribution in [-0.4, -0.2) is 52.8 Å². The van der Waals surface area contributed by atoms with Crippen LogP contribution < -0.4 is 10.1 Å². The molecule has 8 heteroatoms. The van der Waals surface area contributed by atoms with Crippen LogP contribution >= 0.6 is 0 Å². The zero-order valence-corrected chi connectivity index (χ0v) is 22.2. The van der Waals surface area contributed by atoms with E-state index in [-0.39, 0.29) is 16.9 Å². The van der Waals surface area contributed by atoms with Crippen LogP contribution in [0.1, 0.15) is 41.8 Å². The Morgan fingerprint density at radius 2 is 1.74 bits per heavy atom. The molecule has 0 aromatic heterocycles. The normalized spacial score (nSPS) is 20.1. The maximum Gasteiger partial charge on any atom is 0.417 e. The fraction of sp³-hybridized carbons (Fsp3) is 0.323. The number of benzene rings is 3. The van der Waals surface area contributed by atoms with Gasteiger partial charge in [0.1, 0.15) is 5.75 Å². The van der Waals surface area contributed by atoms with Gasteiger partial charge in [-0.15, -0.1) is 0 Å². The molecule has 0 spiro atoms. The highest BCUT2D eigenvalue weighted by molar-refractivity contribution is 5.90. The molecule has 0 bridgehead atoms. The molecule has 0 radical (unpaired) electrons. The van der Waals surface area contributed by atoms with Crippen LogP contribution in [0.5, 0.6) is 5.75 Å². The van der Waals surface area contributed by atoms with Gasteiger partial charge in [-0.05, 0) is 78.2 Å². The number of nitrogens with zero attached hydrogens (tertiary/aromatic N) is 1. The van der Waals surface area contributed by atoms with E-state index in [0.717, 1.165) is 30.6 Å². The monoisotopic (exact) mass is 530 g/mol. The molecule has 1 heterocycles. The number of anilines is 1. The number of ether oxygens (including phenoxy) is 1. The van der Waals surface area contributed by atoms with E-state index in [4.69, 9.17) is 9.84 Å². The number of aliphatic carboxylic acids is 1. The number of carbonyl (C=O) groups is 3. The Bertz CT molecular complexity index is 1310. The van der Waals surface area contributed by atoms with Crippen LogP contribution in [-0.2, 0) is 16.6 Å². The van der Waals surface area contributed by atoms with Crippen molar-refractivity contribution in [3.05, 3.63) is 95.6 Å². The van der Waals surface area contributed by atoms with Crippen molar-refractivity contribution in [3.8, 4) is 5.75 Å². The van der Waals surface area contributed by atoms with E-state index in [9.17, 15) is 19.5 Å². The smallest absolute Gasteiger partial charge is 0.417 e. The lowest BCUT2D eigenvalue weighted by molar-refractivity contribution is -0.142. The summed E-state index contributed by atoms with van der Waals surface area (Å²) in [4.78, 5) is 37.7. The van der Waals surface area contributed by atoms with Crippen LogP contribution in [0.25, 0.3) is 0 Å². The predicted octanol–water partition coefficient (Wildman–Crippen LogP) is 5.54. The van der Waals surface area contributed by atoms with Crippen LogP contribution in [0.2, 0.25) is 0 Å². The topological polar surface area (TPSA) is 116 Å². The molecule has 3 N–H and O–H groups in total. The van der Waals surface area contributed by atoms with Crippen molar-refractivity contribution in [2.75, 3.05) is 25.0 Å². The van der Waals surface area contributed by atoms with Crippen LogP contribution in [0.3, 0.4) is 0 Å². The van der Waals surface area contributed by atoms with Gasteiger partial charge >= 0.3 is 18.0 Å². The first-order valence-corrected chi connectivity index (χ1v) is 13.1. The number of likely N-dealkylation sites (tertiary alicyclic amines) is 1. The average Bonchev–Trinajstić information content (AvgIpc) is 2.91. The summed E-state index contributed by atoms with van der Waals surface area (Å²) in [6, 6.07) is 23.1. The zero-order valence-electron chi connectivity index (χ0n) is 22.2. The third-order valence-corrected chi connectivity index (χ3v) is 7.80. The van der Waals surface area contributed by atoms with E-state index in [1.807, 2.05) is 48.5 Å². The Morgan fingerprint density at radius 1 is 1.03 bits per heavy atom. The van der Waals surface area contributed by atoms with Crippen LogP contribution in [0.15, 0.2) is 78.9 Å². The number of aromatic carboxylic acids is 1. The van der Waals surface area contributed by atoms with Crippen molar-refractivity contribution in [2.45, 2.75) is 32.1 Å². The summed E-state index contributed by atoms with van der Waals surface area (Å²) < 4.78 is 5.52. The molecule has 4 rings (SSSR count). The standard InChI is InChI=1S/C31H34N2O6/c1-21-19-33(20-24(29(36)37)17-22-7-4-3-5-8-22)16-15-31(21,2)25-9-6-10-27(18-25)39-30(38)32-26-13-11-23(12-14-26)28(34)35/h3-14,18,21,24H,15-17,19-20H2,1-2H3,(H,32,38)(H,34,35)(H,36,37)/t21-,24?,31+/m0/s1. The van der Waals surface area contributed by atoms with Gasteiger partial charge in [0.15, 0.2) is 0 Å². The van der Waals surface area contributed by atoms with E-state index < -0.39 is 23.9 Å². The van der Waals surface area contributed by atoms with E-state index in [0.29, 0.717) is 24.4 Å². The molecule has 0 aliphatic carbocycles. The molecule has 8 nitrogen and oxygen atoms in total. The predicted molar refractivity (Wildman–Crippen MR) is 148 cm³/mol. The molecule has 1 saturated heterocycles. The van der Waals surface area contributed by atoms with Gasteiger partial charge in [0, 0.05) is 18.8 Å². The quantitative estimate of drug-likeness (QED) is 0.333. The Kier molecular flexibility index (Phi) is 8.66. The van der Waals surface area contributed by atoms with Gasteiger partial charge in [-0.1, -0.05) is 56.3 Å². The number of carbonyl (C=O) groups excluding carboxylic acids is 1. The van der Waals surface area contributed by atoms with Crippen LogP contribution in [0, 0.1) is 11.8 Å². The summed E-state index contributed by atoms with van der Waals surface area (Å²) >= 11 is 0. The third-order valence-electron chi connectivity index (χ3n) is 7.80. The summed E-state index contributed by atoms with van der Waals surface area (Å²) in [5.74, 6) is -1.63. The number of hydrogen-bond acceptors (Lipinski definition) is 5. The zero-order chi connectivity index (χ0) is 28.0. The fourth-order valence-corrected chi connectivity index (χ4v) is 5.21. The molecule has 1 aliphatic heterocycles. The Labute approximate surface area is 228 Å². The first kappa shape index (κ1) is 27.9. The lowest BCUT2D eigenvalue weighted by atomic mass is 9.68. The lowest BCUT2D eigenvalue weighted by Gasteiger charge is -2.45. The lowest BCUT2D eigenvalue weighted by Crippen LogP contribution is -2.49. The molecule has 1 aliphatic rings. The number of nitrogens with one attached hydrogen (secondary N) is 1. The molecular formula is C31H34N2O6. The molecule has 3 aromatic rings. The highest BCUT2D eigenvalue weighted by Gasteiger charge is 2.39. The maximum atomic E-state index is 12.5. The Balaban J connectivity index is 1.37. The average molecular weight is 531 g/mol. The van der Waals surface area contributed by atoms with E-state index in [2.05, 4.69) is 24.1 Å². The highest BCUT2D eigenvalue weighted by Crippen LogP contribution is 2.40. The molecule has 3 aromatic carbocycles. The Morgan fingerprint density at radius 3 is 2.38 bits per heavy atom. The summed E-state index contributed by atoms with van der Waals surface area (Å²) in [6.07, 6.45) is 0.683. The summed E-state index contributed by atoms with van der Waals surface area (Å²) in [7, 11) is 0. The molecule has 0 saturated carbocycles. The van der Waals surface area contributed by atoms with Gasteiger partial charge in [-0.25, -0.2) is 9.59 Å². The minimum Gasteiger partial charge on any atom is -0.481 e. The van der Waals surface area contributed by atoms with Crippen molar-refractivity contribution in [1.82, 2.24) is 4.90 Å². The second kappa shape index (κ2) is 12.1. The molecular weight excluding hydrogens is 496 g/mol. The minimum atomic E-state index is -1.04. The summed E-state index contributed by atoms with van der Waals surface area (Å²) in [5, 5.41) is 21.5. The SMILES string of the molecule is C[C@H]1CN(CC(Cc2ccccc2)C(=O)O)CC[C@@]1(C)c1cccc(OC(=O)Nc2ccc(C(=O)O)cc2)c1. The molecule has 3 atom stereocenters. The van der Waals surface area contributed by atoms with Gasteiger partial charge in [0.2, 0.25) is 0 Å². The van der Waals surface area contributed by atoms with E-state index in [1.165, 1.54) is 24.3 Å². The highest BCUT2D eigenvalue weighted by atomic mass is 16.6. The van der Waals surface area contributed by atoms with Gasteiger partial charge in [0.25, 0.3) is 0 Å².